The molecule has 0 radical (unpaired) electrons. The average molecular weight is 344 g/mol. The maximum atomic E-state index is 5.81. The number of ether oxygens (including phenoxy) is 2. The summed E-state index contributed by atoms with van der Waals surface area (Å²) in [5.74, 6) is 1.31. The molecule has 3 N–H and O–H groups in total. The van der Waals surface area contributed by atoms with Crippen LogP contribution in [0.5, 0.6) is 5.75 Å². The van der Waals surface area contributed by atoms with E-state index in [1.165, 1.54) is 0 Å². The van der Waals surface area contributed by atoms with Crippen molar-refractivity contribution < 1.29 is 9.47 Å². The molecule has 1 atom stereocenters. The number of hydrogen-bond acceptors (Lipinski definition) is 3. The second-order valence-electron chi connectivity index (χ2n) is 4.57. The van der Waals surface area contributed by atoms with Gasteiger partial charge in [-0.05, 0) is 30.5 Å². The van der Waals surface area contributed by atoms with Crippen molar-refractivity contribution in [1.82, 2.24) is 5.32 Å². The number of nitrogens with two attached hydrogens (primary N) is 1. The number of nitrogens with one attached hydrogen (secondary N) is 1. The molecule has 1 heterocycles. The third kappa shape index (κ3) is 5.38. The Bertz CT molecular complexity index is 417. The van der Waals surface area contributed by atoms with Gasteiger partial charge in [-0.3, -0.25) is 0 Å². The predicted molar refractivity (Wildman–Crippen MR) is 85.6 cm³/mol. The maximum absolute atomic E-state index is 5.81. The van der Waals surface area contributed by atoms with Crippen LogP contribution in [0.15, 0.2) is 29.3 Å². The van der Waals surface area contributed by atoms with Gasteiger partial charge in [0, 0.05) is 13.2 Å². The van der Waals surface area contributed by atoms with Gasteiger partial charge in [-0.15, -0.1) is 17.0 Å². The van der Waals surface area contributed by atoms with Crippen molar-refractivity contribution >= 4 is 22.9 Å². The highest BCUT2D eigenvalue weighted by Gasteiger charge is 2.14. The van der Waals surface area contributed by atoms with Gasteiger partial charge in [-0.1, -0.05) is 12.1 Å². The molecule has 1 aliphatic heterocycles. The van der Waals surface area contributed by atoms with Crippen molar-refractivity contribution in [1.29, 1.82) is 0 Å². The van der Waals surface area contributed by atoms with Crippen molar-refractivity contribution in [2.24, 2.45) is 10.7 Å². The molecule has 2 rings (SSSR count). The van der Waals surface area contributed by atoms with E-state index in [9.17, 15) is 0 Å². The van der Waals surface area contributed by atoms with Gasteiger partial charge in [0.15, 0.2) is 5.96 Å². The molecule has 0 aliphatic carbocycles. The van der Waals surface area contributed by atoms with Crippen LogP contribution in [0.4, 0.5) is 0 Å². The van der Waals surface area contributed by atoms with Gasteiger partial charge in [0.2, 0.25) is 0 Å². The SMILES string of the molecule is Br.COc1ccc(CN=C(N)NCC2CCCO2)cc1. The molecular formula is C14H22BrN3O2. The minimum atomic E-state index is 0. The monoisotopic (exact) mass is 343 g/mol. The molecule has 1 saturated heterocycles. The van der Waals surface area contributed by atoms with Gasteiger partial charge in [-0.2, -0.15) is 0 Å². The first-order valence-electron chi connectivity index (χ1n) is 6.56. The van der Waals surface area contributed by atoms with E-state index in [4.69, 9.17) is 15.2 Å². The van der Waals surface area contributed by atoms with Crippen LogP contribution in [0.1, 0.15) is 18.4 Å². The van der Waals surface area contributed by atoms with Crippen molar-refractivity contribution in [2.45, 2.75) is 25.5 Å². The molecule has 20 heavy (non-hydrogen) atoms. The van der Waals surface area contributed by atoms with E-state index < -0.39 is 0 Å². The van der Waals surface area contributed by atoms with Crippen LogP contribution in [-0.2, 0) is 11.3 Å². The molecule has 0 aromatic heterocycles. The Morgan fingerprint density at radius 3 is 2.80 bits per heavy atom. The van der Waals surface area contributed by atoms with Crippen molar-refractivity contribution in [3.8, 4) is 5.75 Å². The van der Waals surface area contributed by atoms with Crippen LogP contribution in [0.3, 0.4) is 0 Å². The second kappa shape index (κ2) is 8.81. The summed E-state index contributed by atoms with van der Waals surface area (Å²) in [7, 11) is 1.65. The topological polar surface area (TPSA) is 68.9 Å². The summed E-state index contributed by atoms with van der Waals surface area (Å²) < 4.78 is 10.6. The smallest absolute Gasteiger partial charge is 0.189 e. The fourth-order valence-electron chi connectivity index (χ4n) is 1.99. The zero-order chi connectivity index (χ0) is 13.5. The Balaban J connectivity index is 0.00000200. The fourth-order valence-corrected chi connectivity index (χ4v) is 1.99. The zero-order valence-electron chi connectivity index (χ0n) is 11.7. The quantitative estimate of drug-likeness (QED) is 0.632. The molecule has 5 nitrogen and oxygen atoms in total. The van der Waals surface area contributed by atoms with E-state index in [2.05, 4.69) is 10.3 Å². The van der Waals surface area contributed by atoms with E-state index in [0.717, 1.165) is 37.3 Å². The molecule has 1 unspecified atom stereocenters. The Kier molecular flexibility index (Phi) is 7.40. The van der Waals surface area contributed by atoms with Crippen LogP contribution >= 0.6 is 17.0 Å². The highest BCUT2D eigenvalue weighted by Crippen LogP contribution is 2.12. The number of halogens is 1. The summed E-state index contributed by atoms with van der Waals surface area (Å²) in [6.07, 6.45) is 2.50. The molecule has 1 fully saturated rings. The van der Waals surface area contributed by atoms with Gasteiger partial charge in [0.05, 0.1) is 19.8 Å². The summed E-state index contributed by atoms with van der Waals surface area (Å²) in [5, 5.41) is 3.10. The summed E-state index contributed by atoms with van der Waals surface area (Å²) in [6.45, 7) is 2.15. The molecular weight excluding hydrogens is 322 g/mol. The van der Waals surface area contributed by atoms with E-state index >= 15 is 0 Å². The van der Waals surface area contributed by atoms with Crippen molar-refractivity contribution in [3.63, 3.8) is 0 Å². The first-order chi connectivity index (χ1) is 9.28. The Morgan fingerprint density at radius 1 is 1.45 bits per heavy atom. The number of rotatable bonds is 5. The number of methoxy groups -OCH3 is 1. The normalized spacial score (nSPS) is 18.4. The standard InChI is InChI=1S/C14H21N3O2.BrH/c1-18-12-6-4-11(5-7-12)9-16-14(15)17-10-13-3-2-8-19-13;/h4-7,13H,2-3,8-10H2,1H3,(H3,15,16,17);1H. The molecule has 1 aliphatic rings. The minimum Gasteiger partial charge on any atom is -0.497 e. The molecule has 112 valence electrons. The van der Waals surface area contributed by atoms with E-state index in [0.29, 0.717) is 12.5 Å². The lowest BCUT2D eigenvalue weighted by molar-refractivity contribution is 0.114. The van der Waals surface area contributed by atoms with Gasteiger partial charge in [0.1, 0.15) is 5.75 Å². The second-order valence-corrected chi connectivity index (χ2v) is 4.57. The van der Waals surface area contributed by atoms with Crippen molar-refractivity contribution in [3.05, 3.63) is 29.8 Å². The average Bonchev–Trinajstić information content (AvgIpc) is 2.96. The number of nitrogens with zero attached hydrogens (tertiary/aromatic N) is 1. The van der Waals surface area contributed by atoms with Gasteiger partial charge >= 0.3 is 0 Å². The lowest BCUT2D eigenvalue weighted by Gasteiger charge is -2.11. The van der Waals surface area contributed by atoms with E-state index in [1.807, 2.05) is 24.3 Å². The largest absolute Gasteiger partial charge is 0.497 e. The summed E-state index contributed by atoms with van der Waals surface area (Å²) in [6, 6.07) is 7.80. The van der Waals surface area contributed by atoms with E-state index in [-0.39, 0.29) is 23.1 Å². The van der Waals surface area contributed by atoms with Crippen LogP contribution in [-0.4, -0.2) is 32.3 Å². The number of hydrogen-bond donors (Lipinski definition) is 2. The first-order valence-corrected chi connectivity index (χ1v) is 6.56. The van der Waals surface area contributed by atoms with Gasteiger partial charge < -0.3 is 20.5 Å². The molecule has 0 spiro atoms. The Morgan fingerprint density at radius 2 is 2.20 bits per heavy atom. The fraction of sp³-hybridized carbons (Fsp3) is 0.500. The lowest BCUT2D eigenvalue weighted by Crippen LogP contribution is -2.37. The molecule has 0 saturated carbocycles. The summed E-state index contributed by atoms with van der Waals surface area (Å²) in [5.41, 5.74) is 6.91. The molecule has 6 heteroatoms. The number of guanidine groups is 1. The summed E-state index contributed by atoms with van der Waals surface area (Å²) >= 11 is 0. The Labute approximate surface area is 130 Å². The summed E-state index contributed by atoms with van der Waals surface area (Å²) in [4.78, 5) is 4.30. The number of aliphatic imine (C=N–C) groups is 1. The van der Waals surface area contributed by atoms with Crippen LogP contribution < -0.4 is 15.8 Å². The van der Waals surface area contributed by atoms with Crippen LogP contribution in [0.25, 0.3) is 0 Å². The molecule has 0 bridgehead atoms. The van der Waals surface area contributed by atoms with Gasteiger partial charge in [0.25, 0.3) is 0 Å². The highest BCUT2D eigenvalue weighted by atomic mass is 79.9. The molecule has 0 amide bonds. The predicted octanol–water partition coefficient (Wildman–Crippen LogP) is 1.86. The third-order valence-corrected chi connectivity index (χ3v) is 3.13. The van der Waals surface area contributed by atoms with E-state index in [1.54, 1.807) is 7.11 Å². The number of benzene rings is 1. The highest BCUT2D eigenvalue weighted by molar-refractivity contribution is 8.93. The first kappa shape index (κ1) is 16.8. The molecule has 1 aromatic carbocycles. The zero-order valence-corrected chi connectivity index (χ0v) is 13.4. The Hall–Kier alpha value is -1.27. The van der Waals surface area contributed by atoms with Crippen molar-refractivity contribution in [2.75, 3.05) is 20.3 Å². The third-order valence-electron chi connectivity index (χ3n) is 3.13. The van der Waals surface area contributed by atoms with Crippen LogP contribution in [0.2, 0.25) is 0 Å². The minimum absolute atomic E-state index is 0. The molecule has 1 aromatic rings. The van der Waals surface area contributed by atoms with Gasteiger partial charge in [-0.25, -0.2) is 4.99 Å². The van der Waals surface area contributed by atoms with Crippen LogP contribution in [0, 0.1) is 0 Å². The lowest BCUT2D eigenvalue weighted by atomic mass is 10.2. The maximum Gasteiger partial charge on any atom is 0.189 e.